The van der Waals surface area contributed by atoms with Gasteiger partial charge in [0.2, 0.25) is 0 Å². The van der Waals surface area contributed by atoms with E-state index in [0.29, 0.717) is 33.4 Å². The molecule has 0 aliphatic carbocycles. The Kier molecular flexibility index (Phi) is 3.23. The highest BCUT2D eigenvalue weighted by molar-refractivity contribution is 6.31. The minimum Gasteiger partial charge on any atom is -0.321 e. The highest BCUT2D eigenvalue weighted by Gasteiger charge is 2.09. The maximum absolute atomic E-state index is 12.4. The molecular formula is C13H10Cl2N4O. The zero-order valence-electron chi connectivity index (χ0n) is 10.5. The molecule has 0 saturated carbocycles. The van der Waals surface area contributed by atoms with Crippen molar-refractivity contribution in [2.75, 3.05) is 0 Å². The van der Waals surface area contributed by atoms with Crippen LogP contribution in [-0.2, 0) is 13.6 Å². The van der Waals surface area contributed by atoms with Gasteiger partial charge in [-0.25, -0.2) is 9.97 Å². The topological polar surface area (TPSA) is 52.7 Å². The zero-order chi connectivity index (χ0) is 14.3. The molecule has 0 bridgehead atoms. The number of benzene rings is 1. The van der Waals surface area contributed by atoms with E-state index in [0.717, 1.165) is 0 Å². The van der Waals surface area contributed by atoms with Crippen LogP contribution in [0, 0.1) is 0 Å². The molecule has 20 heavy (non-hydrogen) atoms. The third-order valence-corrected chi connectivity index (χ3v) is 3.71. The molecule has 5 nitrogen and oxygen atoms in total. The summed E-state index contributed by atoms with van der Waals surface area (Å²) >= 11 is 11.9. The molecule has 0 aliphatic heterocycles. The fourth-order valence-electron chi connectivity index (χ4n) is 1.97. The van der Waals surface area contributed by atoms with Crippen molar-refractivity contribution in [2.45, 2.75) is 6.54 Å². The molecule has 1 aromatic carbocycles. The van der Waals surface area contributed by atoms with Crippen molar-refractivity contribution in [3.63, 3.8) is 0 Å². The molecule has 3 aromatic rings. The summed E-state index contributed by atoms with van der Waals surface area (Å²) in [4.78, 5) is 20.8. The van der Waals surface area contributed by atoms with Crippen LogP contribution < -0.4 is 5.56 Å². The molecule has 102 valence electrons. The highest BCUT2D eigenvalue weighted by atomic mass is 35.5. The second-order valence-electron chi connectivity index (χ2n) is 4.40. The van der Waals surface area contributed by atoms with Gasteiger partial charge in [0.05, 0.1) is 30.0 Å². The Morgan fingerprint density at radius 2 is 2.05 bits per heavy atom. The van der Waals surface area contributed by atoms with Crippen LogP contribution >= 0.6 is 23.2 Å². The van der Waals surface area contributed by atoms with E-state index in [4.69, 9.17) is 23.2 Å². The Labute approximate surface area is 124 Å². The Morgan fingerprint density at radius 1 is 1.25 bits per heavy atom. The lowest BCUT2D eigenvalue weighted by Gasteiger charge is -2.07. The maximum atomic E-state index is 12.4. The zero-order valence-corrected chi connectivity index (χ0v) is 12.1. The van der Waals surface area contributed by atoms with Crippen molar-refractivity contribution in [3.05, 3.63) is 57.1 Å². The van der Waals surface area contributed by atoms with Crippen LogP contribution in [0.15, 0.2) is 35.5 Å². The largest absolute Gasteiger partial charge is 0.321 e. The van der Waals surface area contributed by atoms with Crippen molar-refractivity contribution in [1.82, 2.24) is 19.1 Å². The van der Waals surface area contributed by atoms with Crippen molar-refractivity contribution in [2.24, 2.45) is 7.05 Å². The first-order chi connectivity index (χ1) is 9.56. The maximum Gasteiger partial charge on any atom is 0.261 e. The quantitative estimate of drug-likeness (QED) is 0.731. The fourth-order valence-corrected chi connectivity index (χ4v) is 2.29. The molecule has 0 fully saturated rings. The Bertz CT molecular complexity index is 853. The van der Waals surface area contributed by atoms with E-state index >= 15 is 0 Å². The number of fused-ring (bicyclic) bond motifs is 1. The second kappa shape index (κ2) is 4.92. The summed E-state index contributed by atoms with van der Waals surface area (Å²) in [5.41, 5.74) is 0.463. The fraction of sp³-hybridized carbons (Fsp3) is 0.154. The third kappa shape index (κ3) is 2.19. The molecular weight excluding hydrogens is 299 g/mol. The van der Waals surface area contributed by atoms with E-state index < -0.39 is 0 Å². The van der Waals surface area contributed by atoms with Gasteiger partial charge >= 0.3 is 0 Å². The van der Waals surface area contributed by atoms with E-state index in [-0.39, 0.29) is 5.56 Å². The number of imidazole rings is 1. The van der Waals surface area contributed by atoms with E-state index in [9.17, 15) is 4.79 Å². The van der Waals surface area contributed by atoms with Crippen LogP contribution in [0.25, 0.3) is 10.9 Å². The molecule has 2 aromatic heterocycles. The Balaban J connectivity index is 2.11. The summed E-state index contributed by atoms with van der Waals surface area (Å²) in [5, 5.41) is 1.51. The molecule has 0 amide bonds. The van der Waals surface area contributed by atoms with Crippen LogP contribution in [0.3, 0.4) is 0 Å². The predicted octanol–water partition coefficient (Wildman–Crippen LogP) is 2.49. The first-order valence-corrected chi connectivity index (χ1v) is 6.62. The van der Waals surface area contributed by atoms with E-state index in [1.54, 1.807) is 36.0 Å². The lowest BCUT2D eigenvalue weighted by atomic mass is 10.2. The number of rotatable bonds is 2. The molecule has 0 N–H and O–H groups in total. The normalized spacial score (nSPS) is 11.2. The van der Waals surface area contributed by atoms with Crippen LogP contribution in [0.2, 0.25) is 10.2 Å². The highest BCUT2D eigenvalue weighted by Crippen LogP contribution is 2.15. The SMILES string of the molecule is Cn1c(Cl)cnc1Cn1cnc2ccc(Cl)cc2c1=O. The molecule has 0 spiro atoms. The first-order valence-electron chi connectivity index (χ1n) is 5.87. The van der Waals surface area contributed by atoms with Crippen molar-refractivity contribution < 1.29 is 0 Å². The van der Waals surface area contributed by atoms with Gasteiger partial charge in [0.1, 0.15) is 11.0 Å². The minimum atomic E-state index is -0.156. The standard InChI is InChI=1S/C13H10Cl2N4O/c1-18-11(15)5-16-12(18)6-19-7-17-10-3-2-8(14)4-9(10)13(19)20/h2-5,7H,6H2,1H3. The van der Waals surface area contributed by atoms with Crippen molar-refractivity contribution in [1.29, 1.82) is 0 Å². The van der Waals surface area contributed by atoms with Crippen LogP contribution in [0.1, 0.15) is 5.82 Å². The monoisotopic (exact) mass is 308 g/mol. The van der Waals surface area contributed by atoms with Crippen molar-refractivity contribution in [3.8, 4) is 0 Å². The molecule has 0 saturated heterocycles. The number of hydrogen-bond acceptors (Lipinski definition) is 3. The summed E-state index contributed by atoms with van der Waals surface area (Å²) in [6.45, 7) is 0.303. The van der Waals surface area contributed by atoms with Gasteiger partial charge in [-0.05, 0) is 18.2 Å². The summed E-state index contributed by atoms with van der Waals surface area (Å²) in [6, 6.07) is 5.05. The van der Waals surface area contributed by atoms with Gasteiger partial charge in [0, 0.05) is 12.1 Å². The average molecular weight is 309 g/mol. The Hall–Kier alpha value is -1.85. The second-order valence-corrected chi connectivity index (χ2v) is 5.22. The molecule has 0 atom stereocenters. The number of hydrogen-bond donors (Lipinski definition) is 0. The van der Waals surface area contributed by atoms with Gasteiger partial charge < -0.3 is 4.57 Å². The summed E-state index contributed by atoms with van der Waals surface area (Å²) in [5.74, 6) is 0.681. The molecule has 7 heteroatoms. The van der Waals surface area contributed by atoms with Crippen LogP contribution in [-0.4, -0.2) is 19.1 Å². The first kappa shape index (κ1) is 13.1. The van der Waals surface area contributed by atoms with Crippen LogP contribution in [0.5, 0.6) is 0 Å². The summed E-state index contributed by atoms with van der Waals surface area (Å²) < 4.78 is 3.20. The van der Waals surface area contributed by atoms with Crippen molar-refractivity contribution >= 4 is 34.1 Å². The Morgan fingerprint density at radius 3 is 2.75 bits per heavy atom. The molecule has 0 aliphatic rings. The lowest BCUT2D eigenvalue weighted by Crippen LogP contribution is -2.22. The lowest BCUT2D eigenvalue weighted by molar-refractivity contribution is 0.673. The third-order valence-electron chi connectivity index (χ3n) is 3.13. The average Bonchev–Trinajstić information content (AvgIpc) is 2.74. The van der Waals surface area contributed by atoms with E-state index in [1.807, 2.05) is 0 Å². The van der Waals surface area contributed by atoms with E-state index in [2.05, 4.69) is 9.97 Å². The predicted molar refractivity (Wildman–Crippen MR) is 78.3 cm³/mol. The molecule has 0 radical (unpaired) electrons. The van der Waals surface area contributed by atoms with Gasteiger partial charge in [-0.3, -0.25) is 9.36 Å². The van der Waals surface area contributed by atoms with Gasteiger partial charge in [-0.1, -0.05) is 23.2 Å². The van der Waals surface area contributed by atoms with Gasteiger partial charge in [0.25, 0.3) is 5.56 Å². The van der Waals surface area contributed by atoms with E-state index in [1.165, 1.54) is 10.9 Å². The summed E-state index contributed by atoms with van der Waals surface area (Å²) in [7, 11) is 1.79. The summed E-state index contributed by atoms with van der Waals surface area (Å²) in [6.07, 6.45) is 3.05. The smallest absolute Gasteiger partial charge is 0.261 e. The van der Waals surface area contributed by atoms with Gasteiger partial charge in [0.15, 0.2) is 0 Å². The molecule has 3 rings (SSSR count). The van der Waals surface area contributed by atoms with Crippen LogP contribution in [0.4, 0.5) is 0 Å². The van der Waals surface area contributed by atoms with Gasteiger partial charge in [-0.2, -0.15) is 0 Å². The minimum absolute atomic E-state index is 0.156. The molecule has 0 unspecified atom stereocenters. The number of halogens is 2. The number of nitrogens with zero attached hydrogens (tertiary/aromatic N) is 4. The number of aromatic nitrogens is 4. The molecule has 2 heterocycles. The van der Waals surface area contributed by atoms with Gasteiger partial charge in [-0.15, -0.1) is 0 Å².